The van der Waals surface area contributed by atoms with E-state index in [1.165, 1.54) is 13.3 Å². The second-order valence-electron chi connectivity index (χ2n) is 9.64. The highest BCUT2D eigenvalue weighted by Gasteiger charge is 2.14. The second kappa shape index (κ2) is 13.7. The summed E-state index contributed by atoms with van der Waals surface area (Å²) in [6.45, 7) is 4.60. The summed E-state index contributed by atoms with van der Waals surface area (Å²) in [5.74, 6) is 1.65. The van der Waals surface area contributed by atoms with Gasteiger partial charge in [0.1, 0.15) is 24.7 Å². The molecule has 5 rings (SSSR count). The molecule has 5 aromatic rings. The fraction of sp³-hybridized carbons (Fsp3) is 0.152. The summed E-state index contributed by atoms with van der Waals surface area (Å²) in [6, 6.07) is 26.3. The molecule has 1 N–H and O–H groups in total. The Kier molecular flexibility index (Phi) is 9.54. The quantitative estimate of drug-likeness (QED) is 0.114. The van der Waals surface area contributed by atoms with E-state index in [9.17, 15) is 4.79 Å². The van der Waals surface area contributed by atoms with Crippen LogP contribution >= 0.6 is 27.5 Å². The van der Waals surface area contributed by atoms with Crippen molar-refractivity contribution in [3.05, 3.63) is 128 Å². The average Bonchev–Trinajstić information content (AvgIpc) is 3.62. The minimum Gasteiger partial charge on any atom is -0.493 e. The number of carbonyl (C=O) groups excluding carboxylic acids is 1. The smallest absolute Gasteiger partial charge is 0.307 e. The van der Waals surface area contributed by atoms with Crippen molar-refractivity contribution in [2.45, 2.75) is 27.1 Å². The number of aromatic nitrogens is 1. The van der Waals surface area contributed by atoms with Crippen LogP contribution in [-0.4, -0.2) is 23.8 Å². The Bertz CT molecular complexity index is 1720. The first-order valence-electron chi connectivity index (χ1n) is 13.4. The van der Waals surface area contributed by atoms with Crippen molar-refractivity contribution in [2.24, 2.45) is 5.10 Å². The van der Waals surface area contributed by atoms with Gasteiger partial charge >= 0.3 is 5.91 Å². The molecular weight excluding hydrogens is 634 g/mol. The van der Waals surface area contributed by atoms with Gasteiger partial charge in [-0.1, -0.05) is 39.7 Å². The van der Waals surface area contributed by atoms with Crippen LogP contribution in [0.3, 0.4) is 0 Å². The van der Waals surface area contributed by atoms with E-state index >= 15 is 0 Å². The minimum atomic E-state index is -0.518. The lowest BCUT2D eigenvalue weighted by Gasteiger charge is -2.14. The predicted molar refractivity (Wildman–Crippen MR) is 170 cm³/mol. The van der Waals surface area contributed by atoms with Gasteiger partial charge in [0.15, 0.2) is 17.3 Å². The summed E-state index contributed by atoms with van der Waals surface area (Å²) >= 11 is 9.70. The van der Waals surface area contributed by atoms with Crippen LogP contribution < -0.4 is 19.6 Å². The van der Waals surface area contributed by atoms with E-state index in [4.69, 9.17) is 30.2 Å². The summed E-state index contributed by atoms with van der Waals surface area (Å²) in [5, 5.41) is 4.52. The summed E-state index contributed by atoms with van der Waals surface area (Å²) in [6.07, 6.45) is 1.44. The number of halogens is 2. The molecule has 2 aromatic heterocycles. The SMILES string of the molecule is COc1cc(Cl)cc(C=NNC(=O)c2ccc(COc3ccc(-n4c(C)ccc4C)cc3)o2)c1OCc1ccc(Br)cc1. The van der Waals surface area contributed by atoms with Crippen LogP contribution in [-0.2, 0) is 13.2 Å². The lowest BCUT2D eigenvalue weighted by molar-refractivity contribution is 0.0923. The first-order chi connectivity index (χ1) is 20.8. The first kappa shape index (κ1) is 30.0. The van der Waals surface area contributed by atoms with Crippen molar-refractivity contribution in [3.8, 4) is 22.9 Å². The Hall–Kier alpha value is -4.47. The number of furan rings is 1. The van der Waals surface area contributed by atoms with Crippen molar-refractivity contribution < 1.29 is 23.4 Å². The summed E-state index contributed by atoms with van der Waals surface area (Å²) in [7, 11) is 1.53. The van der Waals surface area contributed by atoms with Crippen LogP contribution in [0.4, 0.5) is 0 Å². The molecule has 43 heavy (non-hydrogen) atoms. The molecular formula is C33H29BrClN3O5. The molecule has 8 nitrogen and oxygen atoms in total. The third kappa shape index (κ3) is 7.49. The molecule has 2 heterocycles. The Morgan fingerprint density at radius 1 is 0.953 bits per heavy atom. The van der Waals surface area contributed by atoms with Crippen LogP contribution in [0.15, 0.2) is 98.9 Å². The van der Waals surface area contributed by atoms with Gasteiger partial charge in [0, 0.05) is 38.2 Å². The van der Waals surface area contributed by atoms with Gasteiger partial charge < -0.3 is 23.2 Å². The third-order valence-electron chi connectivity index (χ3n) is 6.57. The summed E-state index contributed by atoms with van der Waals surface area (Å²) in [5.41, 5.74) is 7.36. The maximum atomic E-state index is 12.7. The predicted octanol–water partition coefficient (Wildman–Crippen LogP) is 8.03. The molecule has 0 atom stereocenters. The Morgan fingerprint density at radius 3 is 2.37 bits per heavy atom. The number of rotatable bonds is 11. The molecule has 1 amide bonds. The molecule has 0 unspecified atom stereocenters. The molecule has 220 valence electrons. The number of hydrogen-bond donors (Lipinski definition) is 1. The number of nitrogens with one attached hydrogen (secondary N) is 1. The van der Waals surface area contributed by atoms with Crippen molar-refractivity contribution in [3.63, 3.8) is 0 Å². The molecule has 0 saturated carbocycles. The number of aryl methyl sites for hydroxylation is 2. The van der Waals surface area contributed by atoms with Gasteiger partial charge in [0.05, 0.1) is 13.3 Å². The number of carbonyl (C=O) groups is 1. The molecule has 0 aliphatic heterocycles. The van der Waals surface area contributed by atoms with Crippen LogP contribution in [0.2, 0.25) is 5.02 Å². The zero-order valence-corrected chi connectivity index (χ0v) is 26.1. The van der Waals surface area contributed by atoms with E-state index in [0.29, 0.717) is 40.2 Å². The molecule has 0 radical (unpaired) electrons. The van der Waals surface area contributed by atoms with Crippen LogP contribution in [0, 0.1) is 13.8 Å². The lowest BCUT2D eigenvalue weighted by Crippen LogP contribution is -2.17. The van der Waals surface area contributed by atoms with Crippen LogP contribution in [0.5, 0.6) is 17.2 Å². The van der Waals surface area contributed by atoms with Gasteiger partial charge in [0.25, 0.3) is 0 Å². The van der Waals surface area contributed by atoms with Crippen molar-refractivity contribution >= 4 is 39.7 Å². The largest absolute Gasteiger partial charge is 0.493 e. The number of hydrazone groups is 1. The monoisotopic (exact) mass is 661 g/mol. The first-order valence-corrected chi connectivity index (χ1v) is 14.5. The fourth-order valence-electron chi connectivity index (χ4n) is 4.44. The molecule has 0 spiro atoms. The molecule has 0 bridgehead atoms. The lowest BCUT2D eigenvalue weighted by atomic mass is 10.2. The van der Waals surface area contributed by atoms with E-state index < -0.39 is 5.91 Å². The standard InChI is InChI=1S/C33H29BrClN3O5/c1-21-4-5-22(2)38(21)27-10-12-28(13-11-27)41-20-29-14-15-30(43-29)33(39)37-36-18-24-16-26(35)17-31(40-3)32(24)42-19-23-6-8-25(34)9-7-23/h4-18H,19-20H2,1-3H3,(H,37,39). The third-order valence-corrected chi connectivity index (χ3v) is 7.31. The number of nitrogens with zero attached hydrogens (tertiary/aromatic N) is 2. The van der Waals surface area contributed by atoms with Gasteiger partial charge in [-0.25, -0.2) is 5.43 Å². The van der Waals surface area contributed by atoms with Crippen molar-refractivity contribution in [2.75, 3.05) is 7.11 Å². The number of benzene rings is 3. The van der Waals surface area contributed by atoms with E-state index in [2.05, 4.69) is 57.0 Å². The number of methoxy groups -OCH3 is 1. The van der Waals surface area contributed by atoms with Crippen molar-refractivity contribution in [1.82, 2.24) is 9.99 Å². The zero-order chi connectivity index (χ0) is 30.3. The van der Waals surface area contributed by atoms with Gasteiger partial charge in [-0.05, 0) is 86.1 Å². The number of ether oxygens (including phenoxy) is 3. The normalized spacial score (nSPS) is 11.1. The number of hydrogen-bond acceptors (Lipinski definition) is 6. The van der Waals surface area contributed by atoms with E-state index in [0.717, 1.165) is 27.1 Å². The molecule has 0 aliphatic carbocycles. The molecule has 3 aromatic carbocycles. The average molecular weight is 663 g/mol. The minimum absolute atomic E-state index is 0.0973. The van der Waals surface area contributed by atoms with Gasteiger partial charge in [0.2, 0.25) is 0 Å². The van der Waals surface area contributed by atoms with Gasteiger partial charge in [-0.2, -0.15) is 5.10 Å². The van der Waals surface area contributed by atoms with Gasteiger partial charge in [-0.3, -0.25) is 4.79 Å². The maximum Gasteiger partial charge on any atom is 0.307 e. The molecule has 0 fully saturated rings. The molecule has 0 saturated heterocycles. The summed E-state index contributed by atoms with van der Waals surface area (Å²) in [4.78, 5) is 12.7. The summed E-state index contributed by atoms with van der Waals surface area (Å²) < 4.78 is 26.2. The van der Waals surface area contributed by atoms with E-state index in [1.807, 2.05) is 48.5 Å². The maximum absolute atomic E-state index is 12.7. The Labute approximate surface area is 263 Å². The highest BCUT2D eigenvalue weighted by molar-refractivity contribution is 9.10. The highest BCUT2D eigenvalue weighted by Crippen LogP contribution is 2.34. The zero-order valence-electron chi connectivity index (χ0n) is 23.8. The highest BCUT2D eigenvalue weighted by atomic mass is 79.9. The topological polar surface area (TPSA) is 87.2 Å². The Balaban J connectivity index is 1.19. The van der Waals surface area contributed by atoms with E-state index in [-0.39, 0.29) is 12.4 Å². The van der Waals surface area contributed by atoms with Gasteiger partial charge in [-0.15, -0.1) is 0 Å². The van der Waals surface area contributed by atoms with Crippen LogP contribution in [0.25, 0.3) is 5.69 Å². The molecule has 0 aliphatic rings. The fourth-order valence-corrected chi connectivity index (χ4v) is 4.92. The van der Waals surface area contributed by atoms with Crippen molar-refractivity contribution in [1.29, 1.82) is 0 Å². The number of amides is 1. The molecule has 10 heteroatoms. The van der Waals surface area contributed by atoms with Crippen LogP contribution in [0.1, 0.15) is 38.8 Å². The second-order valence-corrected chi connectivity index (χ2v) is 11.0. The Morgan fingerprint density at radius 2 is 1.67 bits per heavy atom. The van der Waals surface area contributed by atoms with E-state index in [1.54, 1.807) is 24.3 Å².